The third-order valence-electron chi connectivity index (χ3n) is 3.20. The Morgan fingerprint density at radius 2 is 2.41 bits per heavy atom. The molecule has 1 amide bonds. The van der Waals surface area contributed by atoms with Crippen molar-refractivity contribution in [3.63, 3.8) is 0 Å². The molecule has 1 fully saturated rings. The number of aryl methyl sites for hydroxylation is 1. The van der Waals surface area contributed by atoms with Crippen molar-refractivity contribution in [2.45, 2.75) is 32.2 Å². The fraction of sp³-hybridized carbons (Fsp3) is 0.727. The van der Waals surface area contributed by atoms with Gasteiger partial charge in [-0.25, -0.2) is 4.98 Å². The molecule has 1 atom stereocenters. The number of hydrogen-bond donors (Lipinski definition) is 2. The molecule has 6 nitrogen and oxygen atoms in total. The summed E-state index contributed by atoms with van der Waals surface area (Å²) in [6.45, 7) is 3.87. The van der Waals surface area contributed by atoms with E-state index in [9.17, 15) is 4.79 Å². The van der Waals surface area contributed by atoms with Gasteiger partial charge in [0.15, 0.2) is 0 Å². The van der Waals surface area contributed by atoms with Crippen molar-refractivity contribution in [1.29, 1.82) is 0 Å². The molecule has 94 valence electrons. The summed E-state index contributed by atoms with van der Waals surface area (Å²) in [5.41, 5.74) is 0. The van der Waals surface area contributed by atoms with Gasteiger partial charge in [0, 0.05) is 26.1 Å². The number of nitrogens with one attached hydrogen (secondary N) is 2. The molecule has 0 bridgehead atoms. The van der Waals surface area contributed by atoms with E-state index in [0.717, 1.165) is 38.2 Å². The summed E-state index contributed by atoms with van der Waals surface area (Å²) in [6.07, 6.45) is 2.91. The molecule has 6 heteroatoms. The highest BCUT2D eigenvalue weighted by molar-refractivity contribution is 5.90. The molecule has 0 radical (unpaired) electrons. The number of carbonyl (C=O) groups excluding carboxylic acids is 1. The van der Waals surface area contributed by atoms with Gasteiger partial charge in [-0.1, -0.05) is 6.92 Å². The standard InChI is InChI=1S/C11H19N5O/c1-3-9-13-10(15-14-9)11(17)16(2)8-5-4-6-12-7-8/h8,12H,3-7H2,1-2H3,(H,13,14,15). The van der Waals surface area contributed by atoms with Gasteiger partial charge >= 0.3 is 0 Å². The van der Waals surface area contributed by atoms with E-state index in [1.807, 2.05) is 14.0 Å². The summed E-state index contributed by atoms with van der Waals surface area (Å²) in [5.74, 6) is 0.924. The largest absolute Gasteiger partial charge is 0.335 e. The molecule has 2 heterocycles. The Balaban J connectivity index is 2.02. The molecule has 1 aliphatic heterocycles. The highest BCUT2D eigenvalue weighted by atomic mass is 16.2. The molecule has 1 aromatic heterocycles. The Labute approximate surface area is 101 Å². The van der Waals surface area contributed by atoms with Gasteiger partial charge in [0.2, 0.25) is 5.82 Å². The zero-order chi connectivity index (χ0) is 12.3. The summed E-state index contributed by atoms with van der Waals surface area (Å²) in [7, 11) is 1.82. The van der Waals surface area contributed by atoms with Crippen LogP contribution in [0.2, 0.25) is 0 Å². The van der Waals surface area contributed by atoms with Crippen molar-refractivity contribution in [2.24, 2.45) is 0 Å². The minimum Gasteiger partial charge on any atom is -0.335 e. The molecular weight excluding hydrogens is 218 g/mol. The Kier molecular flexibility index (Phi) is 3.73. The van der Waals surface area contributed by atoms with Crippen LogP contribution in [-0.4, -0.2) is 52.2 Å². The minimum atomic E-state index is -0.102. The van der Waals surface area contributed by atoms with Crippen LogP contribution in [0.25, 0.3) is 0 Å². The number of H-pyrrole nitrogens is 1. The topological polar surface area (TPSA) is 73.9 Å². The first-order valence-corrected chi connectivity index (χ1v) is 6.11. The molecule has 0 spiro atoms. The zero-order valence-corrected chi connectivity index (χ0v) is 10.4. The van der Waals surface area contributed by atoms with Gasteiger partial charge in [-0.05, 0) is 19.4 Å². The lowest BCUT2D eigenvalue weighted by molar-refractivity contribution is 0.0696. The second kappa shape index (κ2) is 5.27. The number of piperidine rings is 1. The van der Waals surface area contributed by atoms with E-state index < -0.39 is 0 Å². The highest BCUT2D eigenvalue weighted by Gasteiger charge is 2.25. The van der Waals surface area contributed by atoms with Gasteiger partial charge in [-0.15, -0.1) is 5.10 Å². The molecule has 0 aromatic carbocycles. The lowest BCUT2D eigenvalue weighted by Gasteiger charge is -2.30. The second-order valence-corrected chi connectivity index (χ2v) is 4.38. The van der Waals surface area contributed by atoms with Crippen LogP contribution in [0.1, 0.15) is 36.2 Å². The first-order chi connectivity index (χ1) is 8.22. The Bertz CT molecular complexity index is 383. The number of hydrogen-bond acceptors (Lipinski definition) is 4. The number of carbonyl (C=O) groups is 1. The van der Waals surface area contributed by atoms with Crippen molar-refractivity contribution < 1.29 is 4.79 Å². The fourth-order valence-corrected chi connectivity index (χ4v) is 2.04. The van der Waals surface area contributed by atoms with Gasteiger partial charge in [0.25, 0.3) is 5.91 Å². The first kappa shape index (κ1) is 12.0. The van der Waals surface area contributed by atoms with E-state index in [0.29, 0.717) is 0 Å². The normalized spacial score (nSPS) is 20.2. The van der Waals surface area contributed by atoms with Gasteiger partial charge in [-0.3, -0.25) is 9.89 Å². The molecule has 0 aliphatic carbocycles. The average molecular weight is 237 g/mol. The van der Waals surface area contributed by atoms with Crippen LogP contribution in [0.4, 0.5) is 0 Å². The van der Waals surface area contributed by atoms with Crippen LogP contribution in [0.15, 0.2) is 0 Å². The van der Waals surface area contributed by atoms with Gasteiger partial charge < -0.3 is 10.2 Å². The van der Waals surface area contributed by atoms with E-state index in [2.05, 4.69) is 20.5 Å². The molecule has 1 unspecified atom stereocenters. The summed E-state index contributed by atoms with van der Waals surface area (Å²) in [6, 6.07) is 0.250. The molecular formula is C11H19N5O. The molecule has 1 aliphatic rings. The van der Waals surface area contributed by atoms with Crippen molar-refractivity contribution in [3.8, 4) is 0 Å². The number of aromatic amines is 1. The Hall–Kier alpha value is -1.43. The van der Waals surface area contributed by atoms with E-state index in [1.54, 1.807) is 4.90 Å². The summed E-state index contributed by atoms with van der Waals surface area (Å²) in [4.78, 5) is 18.0. The third kappa shape index (κ3) is 2.63. The molecule has 2 rings (SSSR count). The number of nitrogens with zero attached hydrogens (tertiary/aromatic N) is 3. The average Bonchev–Trinajstić information content (AvgIpc) is 2.87. The van der Waals surface area contributed by atoms with Crippen LogP contribution < -0.4 is 5.32 Å². The maximum absolute atomic E-state index is 12.1. The highest BCUT2D eigenvalue weighted by Crippen LogP contribution is 2.10. The van der Waals surface area contributed by atoms with Crippen LogP contribution in [0.5, 0.6) is 0 Å². The lowest BCUT2D eigenvalue weighted by Crippen LogP contribution is -2.46. The molecule has 17 heavy (non-hydrogen) atoms. The maximum Gasteiger partial charge on any atom is 0.293 e. The number of aromatic nitrogens is 3. The van der Waals surface area contributed by atoms with Crippen molar-refractivity contribution in [1.82, 2.24) is 25.4 Å². The van der Waals surface area contributed by atoms with E-state index in [1.165, 1.54) is 0 Å². The van der Waals surface area contributed by atoms with Gasteiger partial charge in [-0.2, -0.15) is 0 Å². The third-order valence-corrected chi connectivity index (χ3v) is 3.20. The van der Waals surface area contributed by atoms with E-state index in [-0.39, 0.29) is 17.8 Å². The predicted molar refractivity (Wildman–Crippen MR) is 63.7 cm³/mol. The molecule has 1 saturated heterocycles. The van der Waals surface area contributed by atoms with Crippen LogP contribution >= 0.6 is 0 Å². The van der Waals surface area contributed by atoms with Crippen molar-refractivity contribution >= 4 is 5.91 Å². The second-order valence-electron chi connectivity index (χ2n) is 4.38. The Morgan fingerprint density at radius 3 is 3.00 bits per heavy atom. The van der Waals surface area contributed by atoms with Gasteiger partial charge in [0.05, 0.1) is 0 Å². The molecule has 2 N–H and O–H groups in total. The number of likely N-dealkylation sites (N-methyl/N-ethyl adjacent to an activating group) is 1. The van der Waals surface area contributed by atoms with E-state index >= 15 is 0 Å². The first-order valence-electron chi connectivity index (χ1n) is 6.11. The van der Waals surface area contributed by atoms with E-state index in [4.69, 9.17) is 0 Å². The minimum absolute atomic E-state index is 0.102. The fourth-order valence-electron chi connectivity index (χ4n) is 2.04. The zero-order valence-electron chi connectivity index (χ0n) is 10.4. The van der Waals surface area contributed by atoms with Crippen LogP contribution in [0, 0.1) is 0 Å². The Morgan fingerprint density at radius 1 is 1.59 bits per heavy atom. The van der Waals surface area contributed by atoms with Crippen LogP contribution in [0.3, 0.4) is 0 Å². The van der Waals surface area contributed by atoms with Gasteiger partial charge in [0.1, 0.15) is 5.82 Å². The molecule has 1 aromatic rings. The summed E-state index contributed by atoms with van der Waals surface area (Å²) < 4.78 is 0. The lowest BCUT2D eigenvalue weighted by atomic mass is 10.1. The maximum atomic E-state index is 12.1. The molecule has 0 saturated carbocycles. The monoisotopic (exact) mass is 237 g/mol. The number of amides is 1. The smallest absolute Gasteiger partial charge is 0.293 e. The summed E-state index contributed by atoms with van der Waals surface area (Å²) in [5, 5.41) is 10.0. The summed E-state index contributed by atoms with van der Waals surface area (Å²) >= 11 is 0. The predicted octanol–water partition coefficient (Wildman–Crippen LogP) is 0.191. The SMILES string of the molecule is CCc1nc(C(=O)N(C)C2CCCNC2)n[nH]1. The number of rotatable bonds is 3. The van der Waals surface area contributed by atoms with Crippen molar-refractivity contribution in [3.05, 3.63) is 11.6 Å². The van der Waals surface area contributed by atoms with Crippen molar-refractivity contribution in [2.75, 3.05) is 20.1 Å². The quantitative estimate of drug-likeness (QED) is 0.787. The van der Waals surface area contributed by atoms with Crippen LogP contribution in [-0.2, 0) is 6.42 Å².